The van der Waals surface area contributed by atoms with Gasteiger partial charge < -0.3 is 5.32 Å². The number of nitrogens with zero attached hydrogens (tertiary/aromatic N) is 1. The first-order chi connectivity index (χ1) is 9.08. The van der Waals surface area contributed by atoms with Gasteiger partial charge in [-0.15, -0.1) is 0 Å². The summed E-state index contributed by atoms with van der Waals surface area (Å²) < 4.78 is 0.912. The SMILES string of the molecule is Cc1c(Br)cccc1C(=O)NC1(C#N)CCCCC1. The van der Waals surface area contributed by atoms with Crippen LogP contribution in [-0.2, 0) is 0 Å². The average molecular weight is 321 g/mol. The number of hydrogen-bond acceptors (Lipinski definition) is 2. The molecule has 4 heteroatoms. The van der Waals surface area contributed by atoms with E-state index >= 15 is 0 Å². The van der Waals surface area contributed by atoms with Crippen LogP contribution in [0.25, 0.3) is 0 Å². The highest BCUT2D eigenvalue weighted by atomic mass is 79.9. The Balaban J connectivity index is 2.21. The van der Waals surface area contributed by atoms with Crippen LogP contribution in [0.3, 0.4) is 0 Å². The second-order valence-corrected chi connectivity index (χ2v) is 5.98. The lowest BCUT2D eigenvalue weighted by Gasteiger charge is -2.31. The molecule has 0 bridgehead atoms. The molecule has 0 saturated heterocycles. The third-order valence-corrected chi connectivity index (χ3v) is 4.65. The molecule has 0 aromatic heterocycles. The number of carbonyl (C=O) groups excluding carboxylic acids is 1. The van der Waals surface area contributed by atoms with Gasteiger partial charge in [-0.25, -0.2) is 0 Å². The summed E-state index contributed by atoms with van der Waals surface area (Å²) in [5.41, 5.74) is 0.864. The molecule has 1 amide bonds. The first-order valence-corrected chi connectivity index (χ1v) is 7.36. The van der Waals surface area contributed by atoms with Gasteiger partial charge in [0.1, 0.15) is 5.54 Å². The fourth-order valence-electron chi connectivity index (χ4n) is 2.56. The molecule has 1 fully saturated rings. The molecule has 1 saturated carbocycles. The highest BCUT2D eigenvalue weighted by Crippen LogP contribution is 2.28. The second-order valence-electron chi connectivity index (χ2n) is 5.12. The third-order valence-electron chi connectivity index (χ3n) is 3.79. The molecular weight excluding hydrogens is 304 g/mol. The van der Waals surface area contributed by atoms with Gasteiger partial charge in [0.25, 0.3) is 5.91 Å². The van der Waals surface area contributed by atoms with Gasteiger partial charge in [-0.05, 0) is 37.5 Å². The molecule has 1 N–H and O–H groups in total. The molecule has 0 heterocycles. The van der Waals surface area contributed by atoms with Crippen molar-refractivity contribution in [3.05, 3.63) is 33.8 Å². The van der Waals surface area contributed by atoms with E-state index in [0.29, 0.717) is 5.56 Å². The van der Waals surface area contributed by atoms with Crippen LogP contribution in [0.2, 0.25) is 0 Å². The molecule has 1 aliphatic carbocycles. The minimum absolute atomic E-state index is 0.151. The van der Waals surface area contributed by atoms with Crippen molar-refractivity contribution in [2.24, 2.45) is 0 Å². The lowest BCUT2D eigenvalue weighted by molar-refractivity contribution is 0.0902. The van der Waals surface area contributed by atoms with Crippen LogP contribution < -0.4 is 5.32 Å². The van der Waals surface area contributed by atoms with E-state index in [2.05, 4.69) is 27.3 Å². The predicted molar refractivity (Wildman–Crippen MR) is 77.8 cm³/mol. The van der Waals surface area contributed by atoms with Gasteiger partial charge in [0.2, 0.25) is 0 Å². The Kier molecular flexibility index (Phi) is 4.26. The number of nitriles is 1. The van der Waals surface area contributed by atoms with Crippen LogP contribution in [0, 0.1) is 18.3 Å². The summed E-state index contributed by atoms with van der Waals surface area (Å²) in [5, 5.41) is 12.3. The fraction of sp³-hybridized carbons (Fsp3) is 0.467. The Morgan fingerprint density at radius 3 is 2.68 bits per heavy atom. The van der Waals surface area contributed by atoms with Gasteiger partial charge >= 0.3 is 0 Å². The lowest BCUT2D eigenvalue weighted by atomic mass is 9.82. The van der Waals surface area contributed by atoms with Gasteiger partial charge in [0, 0.05) is 10.0 Å². The number of rotatable bonds is 2. The van der Waals surface area contributed by atoms with E-state index in [-0.39, 0.29) is 5.91 Å². The van der Waals surface area contributed by atoms with E-state index < -0.39 is 5.54 Å². The molecule has 0 atom stereocenters. The standard InChI is InChI=1S/C15H17BrN2O/c1-11-12(6-5-7-13(11)16)14(19)18-15(10-17)8-3-2-4-9-15/h5-7H,2-4,8-9H2,1H3,(H,18,19). The zero-order chi connectivity index (χ0) is 13.9. The molecule has 1 aromatic carbocycles. The largest absolute Gasteiger partial charge is 0.334 e. The molecule has 2 rings (SSSR count). The van der Waals surface area contributed by atoms with Crippen molar-refractivity contribution in [3.8, 4) is 6.07 Å². The summed E-state index contributed by atoms with van der Waals surface area (Å²) >= 11 is 3.43. The summed E-state index contributed by atoms with van der Waals surface area (Å²) in [7, 11) is 0. The Morgan fingerprint density at radius 2 is 2.05 bits per heavy atom. The zero-order valence-electron chi connectivity index (χ0n) is 11.0. The van der Waals surface area contributed by atoms with Gasteiger partial charge in [-0.3, -0.25) is 4.79 Å². The maximum absolute atomic E-state index is 12.4. The van der Waals surface area contributed by atoms with Crippen molar-refractivity contribution in [2.45, 2.75) is 44.6 Å². The highest BCUT2D eigenvalue weighted by Gasteiger charge is 2.34. The Morgan fingerprint density at radius 1 is 1.37 bits per heavy atom. The normalized spacial score (nSPS) is 17.5. The number of hydrogen-bond donors (Lipinski definition) is 1. The molecule has 3 nitrogen and oxygen atoms in total. The first-order valence-electron chi connectivity index (χ1n) is 6.57. The van der Waals surface area contributed by atoms with E-state index in [4.69, 9.17) is 0 Å². The van der Waals surface area contributed by atoms with Crippen molar-refractivity contribution >= 4 is 21.8 Å². The minimum Gasteiger partial charge on any atom is -0.334 e. The van der Waals surface area contributed by atoms with Crippen LogP contribution in [0.1, 0.15) is 48.0 Å². The summed E-state index contributed by atoms with van der Waals surface area (Å²) in [6.45, 7) is 1.90. The third kappa shape index (κ3) is 2.98. The maximum Gasteiger partial charge on any atom is 0.252 e. The number of nitrogens with one attached hydrogen (secondary N) is 1. The van der Waals surface area contributed by atoms with Crippen LogP contribution in [0.5, 0.6) is 0 Å². The smallest absolute Gasteiger partial charge is 0.252 e. The molecule has 1 aliphatic rings. The van der Waals surface area contributed by atoms with Gasteiger partial charge in [0.15, 0.2) is 0 Å². The first kappa shape index (κ1) is 14.1. The maximum atomic E-state index is 12.4. The van der Waals surface area contributed by atoms with E-state index in [1.54, 1.807) is 6.07 Å². The number of benzene rings is 1. The van der Waals surface area contributed by atoms with Crippen molar-refractivity contribution in [2.75, 3.05) is 0 Å². The molecule has 100 valence electrons. The lowest BCUT2D eigenvalue weighted by Crippen LogP contribution is -2.48. The molecule has 1 aromatic rings. The van der Waals surface area contributed by atoms with Gasteiger partial charge in [-0.2, -0.15) is 5.26 Å². The molecule has 0 radical (unpaired) electrons. The molecule has 19 heavy (non-hydrogen) atoms. The van der Waals surface area contributed by atoms with E-state index in [1.807, 2.05) is 19.1 Å². The molecular formula is C15H17BrN2O. The van der Waals surface area contributed by atoms with Crippen LogP contribution in [0.15, 0.2) is 22.7 Å². The van der Waals surface area contributed by atoms with Crippen molar-refractivity contribution < 1.29 is 4.79 Å². The second kappa shape index (κ2) is 5.75. The number of carbonyl (C=O) groups is 1. The quantitative estimate of drug-likeness (QED) is 0.903. The topological polar surface area (TPSA) is 52.9 Å². The van der Waals surface area contributed by atoms with E-state index in [1.165, 1.54) is 0 Å². The number of halogens is 1. The number of amides is 1. The Hall–Kier alpha value is -1.34. The monoisotopic (exact) mass is 320 g/mol. The Bertz CT molecular complexity index is 527. The predicted octanol–water partition coefficient (Wildman–Crippen LogP) is 3.71. The van der Waals surface area contributed by atoms with Gasteiger partial charge in [-0.1, -0.05) is 41.3 Å². The molecule has 0 unspecified atom stereocenters. The summed E-state index contributed by atoms with van der Waals surface area (Å²) in [6, 6.07) is 7.85. The highest BCUT2D eigenvalue weighted by molar-refractivity contribution is 9.10. The van der Waals surface area contributed by atoms with Crippen molar-refractivity contribution in [1.82, 2.24) is 5.32 Å². The summed E-state index contributed by atoms with van der Waals surface area (Å²) in [6.07, 6.45) is 4.66. The van der Waals surface area contributed by atoms with Crippen LogP contribution >= 0.6 is 15.9 Å². The Labute approximate surface area is 122 Å². The molecule has 0 aliphatic heterocycles. The van der Waals surface area contributed by atoms with Gasteiger partial charge in [0.05, 0.1) is 6.07 Å². The van der Waals surface area contributed by atoms with Crippen molar-refractivity contribution in [3.63, 3.8) is 0 Å². The van der Waals surface area contributed by atoms with E-state index in [0.717, 1.165) is 42.1 Å². The zero-order valence-corrected chi connectivity index (χ0v) is 12.6. The summed E-state index contributed by atoms with van der Waals surface area (Å²) in [4.78, 5) is 12.4. The van der Waals surface area contributed by atoms with Crippen LogP contribution in [-0.4, -0.2) is 11.4 Å². The molecule has 0 spiro atoms. The van der Waals surface area contributed by atoms with E-state index in [9.17, 15) is 10.1 Å². The fourth-order valence-corrected chi connectivity index (χ4v) is 2.92. The van der Waals surface area contributed by atoms with Crippen molar-refractivity contribution in [1.29, 1.82) is 5.26 Å². The van der Waals surface area contributed by atoms with Crippen LogP contribution in [0.4, 0.5) is 0 Å². The average Bonchev–Trinajstić information content (AvgIpc) is 2.42. The summed E-state index contributed by atoms with van der Waals surface area (Å²) in [5.74, 6) is -0.151. The minimum atomic E-state index is -0.676.